The SMILES string of the molecule is COc1ccc(CNC(C)C(=O)c2ccc(OC)c(N)c2)cc1. The Morgan fingerprint density at radius 2 is 1.83 bits per heavy atom. The molecule has 2 aromatic carbocycles. The van der Waals surface area contributed by atoms with E-state index in [2.05, 4.69) is 5.32 Å². The molecule has 5 heteroatoms. The van der Waals surface area contributed by atoms with Crippen LogP contribution in [0.3, 0.4) is 0 Å². The second kappa shape index (κ2) is 7.65. The molecule has 0 radical (unpaired) electrons. The Kier molecular flexibility index (Phi) is 5.60. The number of nitrogens with one attached hydrogen (secondary N) is 1. The third-order valence-corrected chi connectivity index (χ3v) is 3.68. The van der Waals surface area contributed by atoms with E-state index in [-0.39, 0.29) is 11.8 Å². The molecule has 2 rings (SSSR count). The second-order valence-corrected chi connectivity index (χ2v) is 5.27. The van der Waals surface area contributed by atoms with Gasteiger partial charge in [0.15, 0.2) is 5.78 Å². The number of carbonyl (C=O) groups is 1. The molecule has 0 aliphatic heterocycles. The molecule has 0 amide bonds. The molecule has 0 fully saturated rings. The van der Waals surface area contributed by atoms with Crippen LogP contribution in [0.15, 0.2) is 42.5 Å². The number of rotatable bonds is 7. The van der Waals surface area contributed by atoms with Crippen molar-refractivity contribution in [3.8, 4) is 11.5 Å². The predicted molar refractivity (Wildman–Crippen MR) is 91.0 cm³/mol. The largest absolute Gasteiger partial charge is 0.497 e. The zero-order valence-electron chi connectivity index (χ0n) is 13.6. The second-order valence-electron chi connectivity index (χ2n) is 5.27. The summed E-state index contributed by atoms with van der Waals surface area (Å²) >= 11 is 0. The molecule has 0 saturated heterocycles. The van der Waals surface area contributed by atoms with Crippen LogP contribution in [0.4, 0.5) is 5.69 Å². The van der Waals surface area contributed by atoms with Crippen LogP contribution in [-0.2, 0) is 6.54 Å². The standard InChI is InChI=1S/C18H22N2O3/c1-12(20-11-13-4-7-15(22-2)8-5-13)18(21)14-6-9-17(23-3)16(19)10-14/h4-10,12,20H,11,19H2,1-3H3. The number of nitrogen functional groups attached to an aromatic ring is 1. The van der Waals surface area contributed by atoms with Crippen LogP contribution in [0, 0.1) is 0 Å². The van der Waals surface area contributed by atoms with E-state index in [0.29, 0.717) is 23.5 Å². The minimum atomic E-state index is -0.315. The zero-order valence-corrected chi connectivity index (χ0v) is 13.6. The highest BCUT2D eigenvalue weighted by molar-refractivity contribution is 6.00. The van der Waals surface area contributed by atoms with Crippen LogP contribution in [0.1, 0.15) is 22.8 Å². The van der Waals surface area contributed by atoms with Gasteiger partial charge in [-0.05, 0) is 42.8 Å². The topological polar surface area (TPSA) is 73.6 Å². The third-order valence-electron chi connectivity index (χ3n) is 3.68. The van der Waals surface area contributed by atoms with E-state index in [9.17, 15) is 4.79 Å². The highest BCUT2D eigenvalue weighted by Gasteiger charge is 2.16. The van der Waals surface area contributed by atoms with Crippen molar-refractivity contribution < 1.29 is 14.3 Å². The summed E-state index contributed by atoms with van der Waals surface area (Å²) in [5, 5.41) is 3.22. The molecule has 5 nitrogen and oxygen atoms in total. The minimum absolute atomic E-state index is 0.00661. The van der Waals surface area contributed by atoms with Crippen molar-refractivity contribution in [1.82, 2.24) is 5.32 Å². The van der Waals surface area contributed by atoms with Gasteiger partial charge in [-0.2, -0.15) is 0 Å². The van der Waals surface area contributed by atoms with Gasteiger partial charge in [-0.1, -0.05) is 12.1 Å². The van der Waals surface area contributed by atoms with Gasteiger partial charge < -0.3 is 20.5 Å². The minimum Gasteiger partial charge on any atom is -0.497 e. The lowest BCUT2D eigenvalue weighted by Gasteiger charge is -2.14. The molecule has 23 heavy (non-hydrogen) atoms. The first-order valence-corrected chi connectivity index (χ1v) is 7.39. The Hall–Kier alpha value is -2.53. The first-order valence-electron chi connectivity index (χ1n) is 7.39. The average Bonchev–Trinajstić information content (AvgIpc) is 2.59. The molecule has 3 N–H and O–H groups in total. The van der Waals surface area contributed by atoms with Crippen LogP contribution in [0.2, 0.25) is 0 Å². The molecule has 2 aromatic rings. The Morgan fingerprint density at radius 1 is 1.13 bits per heavy atom. The van der Waals surface area contributed by atoms with Crippen LogP contribution < -0.4 is 20.5 Å². The summed E-state index contributed by atoms with van der Waals surface area (Å²) in [4.78, 5) is 12.4. The van der Waals surface area contributed by atoms with Crippen molar-refractivity contribution in [2.75, 3.05) is 20.0 Å². The molecule has 122 valence electrons. The van der Waals surface area contributed by atoms with Crippen molar-refractivity contribution in [1.29, 1.82) is 0 Å². The van der Waals surface area contributed by atoms with Gasteiger partial charge in [0.25, 0.3) is 0 Å². The lowest BCUT2D eigenvalue weighted by Crippen LogP contribution is -2.33. The predicted octanol–water partition coefficient (Wildman–Crippen LogP) is 2.65. The summed E-state index contributed by atoms with van der Waals surface area (Å²) < 4.78 is 10.2. The quantitative estimate of drug-likeness (QED) is 0.607. The summed E-state index contributed by atoms with van der Waals surface area (Å²) in [6.07, 6.45) is 0. The number of ether oxygens (including phenoxy) is 2. The molecule has 0 bridgehead atoms. The summed E-state index contributed by atoms with van der Waals surface area (Å²) in [7, 11) is 3.18. The van der Waals surface area contributed by atoms with E-state index in [4.69, 9.17) is 15.2 Å². The van der Waals surface area contributed by atoms with Crippen molar-refractivity contribution in [2.45, 2.75) is 19.5 Å². The van der Waals surface area contributed by atoms with Crippen molar-refractivity contribution in [2.24, 2.45) is 0 Å². The van der Waals surface area contributed by atoms with Gasteiger partial charge >= 0.3 is 0 Å². The lowest BCUT2D eigenvalue weighted by atomic mass is 10.0. The van der Waals surface area contributed by atoms with Crippen molar-refractivity contribution >= 4 is 11.5 Å². The van der Waals surface area contributed by atoms with Gasteiger partial charge in [-0.15, -0.1) is 0 Å². The number of nitrogens with two attached hydrogens (primary N) is 1. The summed E-state index contributed by atoms with van der Waals surface area (Å²) in [5.41, 5.74) is 7.96. The number of hydrogen-bond donors (Lipinski definition) is 2. The Morgan fingerprint density at radius 3 is 2.39 bits per heavy atom. The molecule has 0 aliphatic rings. The molecule has 1 unspecified atom stereocenters. The maximum absolute atomic E-state index is 12.4. The Balaban J connectivity index is 1.97. The molecule has 0 saturated carbocycles. The maximum Gasteiger partial charge on any atom is 0.179 e. The average molecular weight is 314 g/mol. The van der Waals surface area contributed by atoms with E-state index < -0.39 is 0 Å². The maximum atomic E-state index is 12.4. The fourth-order valence-corrected chi connectivity index (χ4v) is 2.24. The fraction of sp³-hybridized carbons (Fsp3) is 0.278. The number of benzene rings is 2. The van der Waals surface area contributed by atoms with Gasteiger partial charge in [0.05, 0.1) is 25.9 Å². The smallest absolute Gasteiger partial charge is 0.179 e. The molecule has 0 spiro atoms. The number of methoxy groups -OCH3 is 2. The number of anilines is 1. The van der Waals surface area contributed by atoms with Crippen LogP contribution in [0.25, 0.3) is 0 Å². The number of carbonyl (C=O) groups excluding carboxylic acids is 1. The Labute approximate surface area is 136 Å². The first kappa shape index (κ1) is 16.8. The summed E-state index contributed by atoms with van der Waals surface area (Å²) in [6.45, 7) is 2.44. The van der Waals surface area contributed by atoms with E-state index in [1.165, 1.54) is 0 Å². The van der Waals surface area contributed by atoms with Gasteiger partial charge in [-0.3, -0.25) is 4.79 Å². The molecular formula is C18H22N2O3. The van der Waals surface area contributed by atoms with E-state index in [0.717, 1.165) is 11.3 Å². The summed E-state index contributed by atoms with van der Waals surface area (Å²) in [5.74, 6) is 1.37. The van der Waals surface area contributed by atoms with Gasteiger partial charge in [-0.25, -0.2) is 0 Å². The monoisotopic (exact) mass is 314 g/mol. The number of hydrogen-bond acceptors (Lipinski definition) is 5. The lowest BCUT2D eigenvalue weighted by molar-refractivity contribution is 0.0950. The molecule has 0 aromatic heterocycles. The highest BCUT2D eigenvalue weighted by atomic mass is 16.5. The van der Waals surface area contributed by atoms with E-state index in [1.807, 2.05) is 31.2 Å². The molecule has 0 heterocycles. The van der Waals surface area contributed by atoms with Gasteiger partial charge in [0, 0.05) is 12.1 Å². The van der Waals surface area contributed by atoms with Crippen molar-refractivity contribution in [3.63, 3.8) is 0 Å². The zero-order chi connectivity index (χ0) is 16.8. The highest BCUT2D eigenvalue weighted by Crippen LogP contribution is 2.22. The first-order chi connectivity index (χ1) is 11.0. The van der Waals surface area contributed by atoms with Crippen LogP contribution in [0.5, 0.6) is 11.5 Å². The van der Waals surface area contributed by atoms with Gasteiger partial charge in [0.1, 0.15) is 11.5 Å². The van der Waals surface area contributed by atoms with Crippen LogP contribution in [-0.4, -0.2) is 26.0 Å². The van der Waals surface area contributed by atoms with Crippen molar-refractivity contribution in [3.05, 3.63) is 53.6 Å². The summed E-state index contributed by atoms with van der Waals surface area (Å²) in [6, 6.07) is 12.5. The number of ketones is 1. The fourth-order valence-electron chi connectivity index (χ4n) is 2.24. The van der Waals surface area contributed by atoms with E-state index >= 15 is 0 Å². The van der Waals surface area contributed by atoms with Crippen LogP contribution >= 0.6 is 0 Å². The number of Topliss-reactive ketones (excluding diaryl/α,β-unsaturated/α-hetero) is 1. The third kappa shape index (κ3) is 4.23. The molecule has 0 aliphatic carbocycles. The van der Waals surface area contributed by atoms with Gasteiger partial charge in [0.2, 0.25) is 0 Å². The molecule has 1 atom stereocenters. The normalized spacial score (nSPS) is 11.8. The Bertz CT molecular complexity index is 668. The molecular weight excluding hydrogens is 292 g/mol. The van der Waals surface area contributed by atoms with E-state index in [1.54, 1.807) is 32.4 Å².